The molecule has 0 radical (unpaired) electrons. The fourth-order valence-electron chi connectivity index (χ4n) is 2.42. The summed E-state index contributed by atoms with van der Waals surface area (Å²) in [5, 5.41) is 4.79. The Kier molecular flexibility index (Phi) is 5.09. The van der Waals surface area contributed by atoms with Gasteiger partial charge in [0.2, 0.25) is 10.0 Å². The molecule has 1 aliphatic rings. The van der Waals surface area contributed by atoms with Gasteiger partial charge >= 0.3 is 0 Å². The van der Waals surface area contributed by atoms with E-state index in [9.17, 15) is 16.8 Å². The molecule has 0 unspecified atom stereocenters. The van der Waals surface area contributed by atoms with Crippen molar-refractivity contribution in [3.8, 4) is 0 Å². The van der Waals surface area contributed by atoms with Crippen LogP contribution in [0.1, 0.15) is 23.3 Å². The summed E-state index contributed by atoms with van der Waals surface area (Å²) in [4.78, 5) is 1.10. The lowest BCUT2D eigenvalue weighted by atomic mass is 10.2. The predicted molar refractivity (Wildman–Crippen MR) is 83.8 cm³/mol. The summed E-state index contributed by atoms with van der Waals surface area (Å²) < 4.78 is 50.6. The summed E-state index contributed by atoms with van der Waals surface area (Å²) in [5.41, 5.74) is 0.723. The molecule has 2 N–H and O–H groups in total. The third kappa shape index (κ3) is 4.04. The number of sulfonamides is 1. The number of aryl methyl sites for hydroxylation is 1. The molecular formula is C12H20N2O4S3. The molecule has 0 bridgehead atoms. The molecule has 0 aromatic carbocycles. The van der Waals surface area contributed by atoms with Crippen molar-refractivity contribution in [2.45, 2.75) is 37.2 Å². The van der Waals surface area contributed by atoms with E-state index in [0.29, 0.717) is 24.3 Å². The first kappa shape index (κ1) is 16.9. The summed E-state index contributed by atoms with van der Waals surface area (Å²) in [6.45, 7) is 2.27. The molecule has 120 valence electrons. The maximum atomic E-state index is 12.6. The van der Waals surface area contributed by atoms with Gasteiger partial charge in [0.1, 0.15) is 14.7 Å². The normalized spacial score (nSPS) is 19.7. The van der Waals surface area contributed by atoms with Gasteiger partial charge in [-0.3, -0.25) is 0 Å². The fraction of sp³-hybridized carbons (Fsp3) is 0.667. The predicted octanol–water partition coefficient (Wildman–Crippen LogP) is 0.631. The van der Waals surface area contributed by atoms with Crippen molar-refractivity contribution < 1.29 is 16.8 Å². The van der Waals surface area contributed by atoms with Crippen LogP contribution in [0.15, 0.2) is 10.3 Å². The average Bonchev–Trinajstić information content (AvgIpc) is 2.74. The number of sulfone groups is 1. The van der Waals surface area contributed by atoms with Gasteiger partial charge in [-0.05, 0) is 37.8 Å². The van der Waals surface area contributed by atoms with Crippen LogP contribution >= 0.6 is 11.3 Å². The minimum absolute atomic E-state index is 0.0478. The van der Waals surface area contributed by atoms with Gasteiger partial charge in [0.15, 0.2) is 0 Å². The highest BCUT2D eigenvalue weighted by Gasteiger charge is 2.30. The van der Waals surface area contributed by atoms with Crippen LogP contribution in [0, 0.1) is 6.92 Å². The van der Waals surface area contributed by atoms with Crippen molar-refractivity contribution in [2.24, 2.45) is 0 Å². The Morgan fingerprint density at radius 2 is 1.95 bits per heavy atom. The molecule has 1 aromatic rings. The molecule has 0 atom stereocenters. The van der Waals surface area contributed by atoms with Gasteiger partial charge in [0.25, 0.3) is 0 Å². The second-order valence-corrected chi connectivity index (χ2v) is 10.2. The van der Waals surface area contributed by atoms with Crippen LogP contribution in [0.2, 0.25) is 0 Å². The summed E-state index contributed by atoms with van der Waals surface area (Å²) in [6.07, 6.45) is 0.679. The minimum Gasteiger partial charge on any atom is -0.315 e. The van der Waals surface area contributed by atoms with Crippen molar-refractivity contribution in [3.05, 3.63) is 15.8 Å². The van der Waals surface area contributed by atoms with E-state index in [1.54, 1.807) is 14.0 Å². The lowest BCUT2D eigenvalue weighted by molar-refractivity contribution is 0.504. The highest BCUT2D eigenvalue weighted by atomic mass is 32.2. The SMILES string of the molecule is CNCc1scc(C)c1S(=O)(=O)NC1CCS(=O)(=O)CC1. The zero-order chi connectivity index (χ0) is 15.7. The van der Waals surface area contributed by atoms with Crippen LogP contribution in [0.4, 0.5) is 0 Å². The monoisotopic (exact) mass is 352 g/mol. The van der Waals surface area contributed by atoms with Gasteiger partial charge in [-0.2, -0.15) is 0 Å². The third-order valence-electron chi connectivity index (χ3n) is 3.47. The second-order valence-electron chi connectivity index (χ2n) is 5.25. The minimum atomic E-state index is -3.61. The van der Waals surface area contributed by atoms with E-state index < -0.39 is 19.9 Å². The van der Waals surface area contributed by atoms with Gasteiger partial charge in [0, 0.05) is 17.5 Å². The standard InChI is InChI=1S/C12H20N2O4S3/c1-9-8-19-11(7-13-2)12(9)21(17,18)14-10-3-5-20(15,16)6-4-10/h8,10,13-14H,3-7H2,1-2H3. The Hall–Kier alpha value is -0.480. The number of nitrogens with one attached hydrogen (secondary N) is 2. The van der Waals surface area contributed by atoms with Crippen molar-refractivity contribution >= 4 is 31.2 Å². The molecule has 0 aliphatic carbocycles. The second kappa shape index (κ2) is 6.33. The van der Waals surface area contributed by atoms with Crippen molar-refractivity contribution in [1.82, 2.24) is 10.0 Å². The Labute approximate surface area is 129 Å². The first-order valence-corrected chi connectivity index (χ1v) is 10.9. The van der Waals surface area contributed by atoms with Gasteiger partial charge in [0.05, 0.1) is 11.5 Å². The smallest absolute Gasteiger partial charge is 0.242 e. The van der Waals surface area contributed by atoms with Gasteiger partial charge in [-0.1, -0.05) is 0 Å². The summed E-state index contributed by atoms with van der Waals surface area (Å²) in [6, 6.07) is -0.305. The van der Waals surface area contributed by atoms with Crippen molar-refractivity contribution in [3.63, 3.8) is 0 Å². The van der Waals surface area contributed by atoms with E-state index in [0.717, 1.165) is 10.4 Å². The number of thiophene rings is 1. The van der Waals surface area contributed by atoms with Gasteiger partial charge in [-0.25, -0.2) is 21.6 Å². The zero-order valence-corrected chi connectivity index (χ0v) is 14.5. The first-order valence-electron chi connectivity index (χ1n) is 6.69. The molecule has 1 saturated heterocycles. The number of hydrogen-bond acceptors (Lipinski definition) is 6. The quantitative estimate of drug-likeness (QED) is 0.811. The lowest BCUT2D eigenvalue weighted by Crippen LogP contribution is -2.41. The van der Waals surface area contributed by atoms with Crippen LogP contribution in [0.25, 0.3) is 0 Å². The molecule has 21 heavy (non-hydrogen) atoms. The molecule has 2 heterocycles. The van der Waals surface area contributed by atoms with Crippen molar-refractivity contribution in [2.75, 3.05) is 18.6 Å². The topological polar surface area (TPSA) is 92.3 Å². The van der Waals surface area contributed by atoms with E-state index in [1.165, 1.54) is 11.3 Å². The largest absolute Gasteiger partial charge is 0.315 e. The van der Waals surface area contributed by atoms with Crippen LogP contribution in [0.3, 0.4) is 0 Å². The molecule has 6 nitrogen and oxygen atoms in total. The molecule has 0 amide bonds. The van der Waals surface area contributed by atoms with Crippen molar-refractivity contribution in [1.29, 1.82) is 0 Å². The Bertz CT molecular complexity index is 693. The van der Waals surface area contributed by atoms with Crippen LogP contribution < -0.4 is 10.0 Å². The molecule has 1 aliphatic heterocycles. The molecule has 2 rings (SSSR count). The van der Waals surface area contributed by atoms with E-state index >= 15 is 0 Å². The molecular weight excluding hydrogens is 332 g/mol. The van der Waals surface area contributed by atoms with E-state index in [2.05, 4.69) is 10.0 Å². The van der Waals surface area contributed by atoms with Crippen LogP contribution in [-0.2, 0) is 26.4 Å². The Morgan fingerprint density at radius 3 is 2.52 bits per heavy atom. The molecule has 1 fully saturated rings. The zero-order valence-electron chi connectivity index (χ0n) is 12.0. The number of hydrogen-bond donors (Lipinski definition) is 2. The van der Waals surface area contributed by atoms with Gasteiger partial charge in [-0.15, -0.1) is 11.3 Å². The molecule has 0 saturated carbocycles. The van der Waals surface area contributed by atoms with Crippen LogP contribution in [-0.4, -0.2) is 41.4 Å². The first-order chi connectivity index (χ1) is 9.75. The highest BCUT2D eigenvalue weighted by molar-refractivity contribution is 7.91. The maximum absolute atomic E-state index is 12.6. The Morgan fingerprint density at radius 1 is 1.33 bits per heavy atom. The summed E-state index contributed by atoms with van der Waals surface area (Å²) >= 11 is 1.41. The Balaban J connectivity index is 2.18. The maximum Gasteiger partial charge on any atom is 0.242 e. The third-order valence-corrected chi connectivity index (χ3v) is 8.17. The summed E-state index contributed by atoms with van der Waals surface area (Å²) in [5.74, 6) is 0.0956. The van der Waals surface area contributed by atoms with E-state index in [-0.39, 0.29) is 17.5 Å². The molecule has 9 heteroatoms. The average molecular weight is 353 g/mol. The highest BCUT2D eigenvalue weighted by Crippen LogP contribution is 2.27. The van der Waals surface area contributed by atoms with Gasteiger partial charge < -0.3 is 5.32 Å². The lowest BCUT2D eigenvalue weighted by Gasteiger charge is -2.23. The fourth-order valence-corrected chi connectivity index (χ4v) is 7.04. The molecule has 0 spiro atoms. The number of rotatable bonds is 5. The van der Waals surface area contributed by atoms with E-state index in [4.69, 9.17) is 0 Å². The molecule has 1 aromatic heterocycles. The summed E-state index contributed by atoms with van der Waals surface area (Å²) in [7, 11) is -4.84. The van der Waals surface area contributed by atoms with Crippen LogP contribution in [0.5, 0.6) is 0 Å². The van der Waals surface area contributed by atoms with E-state index in [1.807, 2.05) is 5.38 Å².